The average molecular weight is 222 g/mol. The molecule has 44 valence electrons. The van der Waals surface area contributed by atoms with Crippen molar-refractivity contribution in [3.8, 4) is 0 Å². The summed E-state index contributed by atoms with van der Waals surface area (Å²) in [5.41, 5.74) is 0. The highest BCUT2D eigenvalue weighted by Crippen LogP contribution is 2.11. The third-order valence-corrected chi connectivity index (χ3v) is 2.11. The van der Waals surface area contributed by atoms with Gasteiger partial charge in [0.1, 0.15) is 0 Å². The van der Waals surface area contributed by atoms with Gasteiger partial charge in [0.15, 0.2) is 0 Å². The van der Waals surface area contributed by atoms with Gasteiger partial charge in [-0.1, -0.05) is 0 Å². The Hall–Kier alpha value is -0.0600. The van der Waals surface area contributed by atoms with Crippen LogP contribution in [0.2, 0.25) is 0 Å². The second-order valence-corrected chi connectivity index (χ2v) is 2.77. The van der Waals surface area contributed by atoms with E-state index < -0.39 is 0 Å². The minimum atomic E-state index is 0.939. The van der Waals surface area contributed by atoms with E-state index in [1.165, 1.54) is 3.70 Å². The van der Waals surface area contributed by atoms with E-state index >= 15 is 0 Å². The summed E-state index contributed by atoms with van der Waals surface area (Å²) in [7, 11) is 2.05. The molecule has 3 heteroatoms. The van der Waals surface area contributed by atoms with Crippen LogP contribution in [0.15, 0.2) is 14.9 Å². The van der Waals surface area contributed by atoms with Gasteiger partial charge in [-0.3, -0.25) is 4.99 Å². The quantitative estimate of drug-likeness (QED) is 0.444. The number of nitrogens with zero attached hydrogens (tertiary/aromatic N) is 2. The molecule has 0 radical (unpaired) electrons. The molecule has 0 bridgehead atoms. The minimum absolute atomic E-state index is 0.939. The minimum Gasteiger partial charge on any atom is -0.363 e. The normalized spacial score (nSPS) is 18.8. The van der Waals surface area contributed by atoms with Gasteiger partial charge in [-0.25, -0.2) is 0 Å². The Morgan fingerprint density at radius 3 is 3.00 bits per heavy atom. The van der Waals surface area contributed by atoms with Gasteiger partial charge in [-0.05, 0) is 22.6 Å². The van der Waals surface area contributed by atoms with Crippen LogP contribution in [-0.2, 0) is 0 Å². The summed E-state index contributed by atoms with van der Waals surface area (Å²) in [5, 5.41) is 0. The van der Waals surface area contributed by atoms with E-state index in [-0.39, 0.29) is 0 Å². The molecule has 0 aromatic rings. The molecule has 1 aliphatic heterocycles. The van der Waals surface area contributed by atoms with Crippen molar-refractivity contribution in [1.29, 1.82) is 0 Å². The topological polar surface area (TPSA) is 15.6 Å². The smallest absolute Gasteiger partial charge is 0.0943 e. The average Bonchev–Trinajstić information content (AvgIpc) is 1.77. The molecule has 1 heterocycles. The first-order valence-corrected chi connectivity index (χ1v) is 3.47. The maximum Gasteiger partial charge on any atom is 0.0943 e. The predicted molar refractivity (Wildman–Crippen MR) is 43.2 cm³/mol. The molecular formula is C5H7IN2. The number of hydrogen-bond donors (Lipinski definition) is 0. The SMILES string of the molecule is CN1CC=NC=C1I. The van der Waals surface area contributed by atoms with E-state index in [9.17, 15) is 0 Å². The molecule has 0 aromatic carbocycles. The van der Waals surface area contributed by atoms with Crippen LogP contribution in [-0.4, -0.2) is 24.7 Å². The van der Waals surface area contributed by atoms with Gasteiger partial charge >= 0.3 is 0 Å². The lowest BCUT2D eigenvalue weighted by atomic mass is 10.6. The highest BCUT2D eigenvalue weighted by Gasteiger charge is 1.99. The predicted octanol–water partition coefficient (Wildman–Crippen LogP) is 1.24. The zero-order chi connectivity index (χ0) is 5.98. The van der Waals surface area contributed by atoms with Gasteiger partial charge in [0.2, 0.25) is 0 Å². The molecule has 0 spiro atoms. The van der Waals surface area contributed by atoms with Crippen molar-refractivity contribution in [2.45, 2.75) is 0 Å². The Bertz CT molecular complexity index is 139. The Kier molecular flexibility index (Phi) is 1.88. The van der Waals surface area contributed by atoms with Crippen LogP contribution in [0.1, 0.15) is 0 Å². The van der Waals surface area contributed by atoms with Crippen LogP contribution in [0.25, 0.3) is 0 Å². The number of rotatable bonds is 0. The Labute approximate surface area is 62.4 Å². The molecule has 2 nitrogen and oxygen atoms in total. The second-order valence-electron chi connectivity index (χ2n) is 1.66. The van der Waals surface area contributed by atoms with Crippen LogP contribution < -0.4 is 0 Å². The molecule has 0 amide bonds. The first kappa shape index (κ1) is 6.07. The Morgan fingerprint density at radius 1 is 1.88 bits per heavy atom. The van der Waals surface area contributed by atoms with Crippen molar-refractivity contribution in [3.63, 3.8) is 0 Å². The van der Waals surface area contributed by atoms with E-state index in [1.807, 2.05) is 19.5 Å². The molecule has 0 unspecified atom stereocenters. The fraction of sp³-hybridized carbons (Fsp3) is 0.400. The third kappa shape index (κ3) is 1.21. The molecule has 0 saturated heterocycles. The lowest BCUT2D eigenvalue weighted by molar-refractivity contribution is 0.516. The van der Waals surface area contributed by atoms with Crippen LogP contribution in [0.4, 0.5) is 0 Å². The second kappa shape index (κ2) is 2.48. The van der Waals surface area contributed by atoms with Gasteiger partial charge in [0, 0.05) is 13.3 Å². The van der Waals surface area contributed by atoms with Crippen molar-refractivity contribution < 1.29 is 0 Å². The van der Waals surface area contributed by atoms with Crippen molar-refractivity contribution in [2.24, 2.45) is 4.99 Å². The maximum absolute atomic E-state index is 3.97. The van der Waals surface area contributed by atoms with Gasteiger partial charge in [-0.2, -0.15) is 0 Å². The third-order valence-electron chi connectivity index (χ3n) is 1.01. The summed E-state index contributed by atoms with van der Waals surface area (Å²) >= 11 is 2.26. The number of halogens is 1. The van der Waals surface area contributed by atoms with E-state index in [4.69, 9.17) is 0 Å². The molecule has 0 aliphatic carbocycles. The monoisotopic (exact) mass is 222 g/mol. The van der Waals surface area contributed by atoms with Gasteiger partial charge in [0.05, 0.1) is 16.4 Å². The van der Waals surface area contributed by atoms with Crippen LogP contribution in [0.5, 0.6) is 0 Å². The van der Waals surface area contributed by atoms with E-state index in [1.54, 1.807) is 0 Å². The highest BCUT2D eigenvalue weighted by atomic mass is 127. The van der Waals surface area contributed by atoms with E-state index in [0.29, 0.717) is 0 Å². The Morgan fingerprint density at radius 2 is 2.62 bits per heavy atom. The Balaban J connectivity index is 2.66. The molecule has 8 heavy (non-hydrogen) atoms. The summed E-state index contributed by atoms with van der Waals surface area (Å²) in [4.78, 5) is 6.10. The molecule has 0 fully saturated rings. The molecule has 0 N–H and O–H groups in total. The molecule has 1 rings (SSSR count). The lowest BCUT2D eigenvalue weighted by Gasteiger charge is -2.16. The molecular weight excluding hydrogens is 215 g/mol. The summed E-state index contributed by atoms with van der Waals surface area (Å²) < 4.78 is 1.20. The summed E-state index contributed by atoms with van der Waals surface area (Å²) in [5.74, 6) is 0. The van der Waals surface area contributed by atoms with Gasteiger partial charge in [0.25, 0.3) is 0 Å². The zero-order valence-corrected chi connectivity index (χ0v) is 6.79. The van der Waals surface area contributed by atoms with E-state index in [0.717, 1.165) is 6.54 Å². The molecule has 0 saturated carbocycles. The summed E-state index contributed by atoms with van der Waals surface area (Å²) in [6.07, 6.45) is 3.74. The first-order valence-electron chi connectivity index (χ1n) is 2.39. The maximum atomic E-state index is 3.97. The van der Waals surface area contributed by atoms with Crippen LogP contribution in [0.3, 0.4) is 0 Å². The van der Waals surface area contributed by atoms with Gasteiger partial charge < -0.3 is 4.90 Å². The fourth-order valence-corrected chi connectivity index (χ4v) is 0.827. The first-order chi connectivity index (χ1) is 3.80. The van der Waals surface area contributed by atoms with Crippen LogP contribution in [0, 0.1) is 0 Å². The number of aliphatic imine (C=N–C) groups is 1. The van der Waals surface area contributed by atoms with Crippen molar-refractivity contribution in [3.05, 3.63) is 9.90 Å². The summed E-state index contributed by atoms with van der Waals surface area (Å²) in [6.45, 7) is 0.939. The largest absolute Gasteiger partial charge is 0.363 e. The lowest BCUT2D eigenvalue weighted by Crippen LogP contribution is -2.18. The molecule has 0 atom stereocenters. The van der Waals surface area contributed by atoms with Gasteiger partial charge in [-0.15, -0.1) is 0 Å². The van der Waals surface area contributed by atoms with Crippen molar-refractivity contribution >= 4 is 28.8 Å². The van der Waals surface area contributed by atoms with Crippen LogP contribution >= 0.6 is 22.6 Å². The number of hydrogen-bond acceptors (Lipinski definition) is 2. The van der Waals surface area contributed by atoms with Crippen molar-refractivity contribution in [1.82, 2.24) is 4.90 Å². The summed E-state index contributed by atoms with van der Waals surface area (Å²) in [6, 6.07) is 0. The van der Waals surface area contributed by atoms with E-state index in [2.05, 4.69) is 32.5 Å². The molecule has 0 aromatic heterocycles. The standard InChI is InChI=1S/C5H7IN2/c1-8-3-2-7-4-5(8)6/h2,4H,3H2,1H3. The zero-order valence-electron chi connectivity index (χ0n) is 4.63. The van der Waals surface area contributed by atoms with Crippen molar-refractivity contribution in [2.75, 3.05) is 13.6 Å². The highest BCUT2D eigenvalue weighted by molar-refractivity contribution is 14.1. The fourth-order valence-electron chi connectivity index (χ4n) is 0.470. The molecule has 1 aliphatic rings.